The molecule has 7 nitrogen and oxygen atoms in total. The molecule has 1 atom stereocenters. The smallest absolute Gasteiger partial charge is 0.273 e. The van der Waals surface area contributed by atoms with Crippen molar-refractivity contribution in [3.8, 4) is 5.69 Å². The maximum absolute atomic E-state index is 12.4. The van der Waals surface area contributed by atoms with Crippen LogP contribution in [0.25, 0.3) is 16.5 Å². The zero-order chi connectivity index (χ0) is 17.8. The molecule has 1 aromatic carbocycles. The second-order valence-electron chi connectivity index (χ2n) is 6.05. The fourth-order valence-electron chi connectivity index (χ4n) is 2.82. The van der Waals surface area contributed by atoms with E-state index < -0.39 is 0 Å². The number of nitrogens with zero attached hydrogens (tertiary/aromatic N) is 4. The second kappa shape index (κ2) is 7.40. The second-order valence-corrected chi connectivity index (χ2v) is 6.05. The van der Waals surface area contributed by atoms with Crippen LogP contribution in [0, 0.1) is 6.92 Å². The zero-order valence-corrected chi connectivity index (χ0v) is 14.3. The monoisotopic (exact) mass is 339 g/mol. The normalized spacial score (nSPS) is 12.3. The Morgan fingerprint density at radius 3 is 3.00 bits per heavy atom. The number of pyridine rings is 1. The van der Waals surface area contributed by atoms with E-state index in [4.69, 9.17) is 5.11 Å². The summed E-state index contributed by atoms with van der Waals surface area (Å²) in [6.45, 7) is 3.85. The summed E-state index contributed by atoms with van der Waals surface area (Å²) in [6.07, 6.45) is 4.89. The van der Waals surface area contributed by atoms with E-state index in [-0.39, 0.29) is 18.6 Å². The van der Waals surface area contributed by atoms with Crippen LogP contribution in [-0.4, -0.2) is 43.6 Å². The molecular formula is C18H21N5O2. The van der Waals surface area contributed by atoms with Gasteiger partial charge in [-0.2, -0.15) is 0 Å². The number of carbonyl (C=O) groups is 1. The summed E-state index contributed by atoms with van der Waals surface area (Å²) < 4.78 is 1.68. The van der Waals surface area contributed by atoms with Crippen LogP contribution in [-0.2, 0) is 0 Å². The molecule has 0 aliphatic carbocycles. The third kappa shape index (κ3) is 3.51. The van der Waals surface area contributed by atoms with E-state index in [1.807, 2.05) is 38.1 Å². The number of benzene rings is 1. The van der Waals surface area contributed by atoms with E-state index in [1.165, 1.54) is 0 Å². The van der Waals surface area contributed by atoms with Crippen LogP contribution in [0.5, 0.6) is 0 Å². The van der Waals surface area contributed by atoms with Crippen molar-refractivity contribution in [2.75, 3.05) is 6.61 Å². The number of aliphatic hydroxyl groups is 1. The Morgan fingerprint density at radius 2 is 2.20 bits per heavy atom. The predicted molar refractivity (Wildman–Crippen MR) is 94.6 cm³/mol. The number of fused-ring (bicyclic) bond motifs is 1. The minimum absolute atomic E-state index is 0.0344. The number of nitrogens with one attached hydrogen (secondary N) is 1. The molecular weight excluding hydrogens is 318 g/mol. The van der Waals surface area contributed by atoms with Gasteiger partial charge in [0.25, 0.3) is 5.91 Å². The van der Waals surface area contributed by atoms with Crippen LogP contribution >= 0.6 is 0 Å². The van der Waals surface area contributed by atoms with Gasteiger partial charge in [0.1, 0.15) is 0 Å². The highest BCUT2D eigenvalue weighted by molar-refractivity contribution is 5.94. The Labute approximate surface area is 145 Å². The van der Waals surface area contributed by atoms with Crippen LogP contribution in [0.1, 0.15) is 35.9 Å². The molecule has 7 heteroatoms. The molecule has 0 bridgehead atoms. The highest BCUT2D eigenvalue weighted by Gasteiger charge is 2.19. The molecule has 0 saturated heterocycles. The summed E-state index contributed by atoms with van der Waals surface area (Å²) in [4.78, 5) is 16.6. The fraction of sp³-hybridized carbons (Fsp3) is 0.333. The molecule has 2 aromatic heterocycles. The van der Waals surface area contributed by atoms with Gasteiger partial charge in [-0.25, -0.2) is 4.68 Å². The summed E-state index contributed by atoms with van der Waals surface area (Å²) in [5.74, 6) is -0.254. The molecule has 25 heavy (non-hydrogen) atoms. The number of hydrogen-bond donors (Lipinski definition) is 2. The van der Waals surface area contributed by atoms with Crippen molar-refractivity contribution in [3.63, 3.8) is 0 Å². The van der Waals surface area contributed by atoms with Gasteiger partial charge >= 0.3 is 0 Å². The SMILES string of the molecule is Cc1c(C(=O)NC(C)CCCO)nnn1-c1cccc2cnccc12. The quantitative estimate of drug-likeness (QED) is 0.717. The molecule has 3 rings (SSSR count). The maximum Gasteiger partial charge on any atom is 0.273 e. The molecule has 0 saturated carbocycles. The summed E-state index contributed by atoms with van der Waals surface area (Å²) in [5.41, 5.74) is 1.84. The fourth-order valence-corrected chi connectivity index (χ4v) is 2.82. The number of amides is 1. The van der Waals surface area contributed by atoms with Crippen LogP contribution in [0.3, 0.4) is 0 Å². The van der Waals surface area contributed by atoms with Crippen molar-refractivity contribution in [3.05, 3.63) is 48.0 Å². The molecule has 3 aromatic rings. The van der Waals surface area contributed by atoms with E-state index in [0.29, 0.717) is 24.2 Å². The Hall–Kier alpha value is -2.80. The first-order valence-corrected chi connectivity index (χ1v) is 8.29. The third-order valence-electron chi connectivity index (χ3n) is 4.17. The van der Waals surface area contributed by atoms with Crippen LogP contribution in [0.4, 0.5) is 0 Å². The van der Waals surface area contributed by atoms with Gasteiger partial charge in [0.05, 0.1) is 11.4 Å². The number of rotatable bonds is 6. The van der Waals surface area contributed by atoms with Gasteiger partial charge in [-0.15, -0.1) is 5.10 Å². The summed E-state index contributed by atoms with van der Waals surface area (Å²) >= 11 is 0. The topological polar surface area (TPSA) is 92.9 Å². The first-order chi connectivity index (χ1) is 12.1. The lowest BCUT2D eigenvalue weighted by Gasteiger charge is -2.12. The van der Waals surface area contributed by atoms with Crippen molar-refractivity contribution < 1.29 is 9.90 Å². The lowest BCUT2D eigenvalue weighted by molar-refractivity contribution is 0.0930. The molecule has 0 aliphatic rings. The molecule has 130 valence electrons. The average molecular weight is 339 g/mol. The number of aromatic nitrogens is 4. The largest absolute Gasteiger partial charge is 0.396 e. The standard InChI is InChI=1S/C18H21N5O2/c1-12(5-4-10-24)20-18(25)17-13(2)23(22-21-17)16-7-3-6-14-11-19-9-8-15(14)16/h3,6-9,11-12,24H,4-5,10H2,1-2H3,(H,20,25). The van der Waals surface area contributed by atoms with Gasteiger partial charge in [0.15, 0.2) is 5.69 Å². The Kier molecular flexibility index (Phi) is 5.04. The molecule has 0 aliphatic heterocycles. The van der Waals surface area contributed by atoms with E-state index in [2.05, 4.69) is 20.6 Å². The van der Waals surface area contributed by atoms with Gasteiger partial charge in [-0.3, -0.25) is 9.78 Å². The number of hydrogen-bond acceptors (Lipinski definition) is 5. The van der Waals surface area contributed by atoms with Crippen molar-refractivity contribution in [1.29, 1.82) is 0 Å². The van der Waals surface area contributed by atoms with E-state index in [9.17, 15) is 4.79 Å². The van der Waals surface area contributed by atoms with Crippen LogP contribution < -0.4 is 5.32 Å². The first-order valence-electron chi connectivity index (χ1n) is 8.29. The van der Waals surface area contributed by atoms with E-state index in [1.54, 1.807) is 17.1 Å². The van der Waals surface area contributed by atoms with Crippen molar-refractivity contribution in [2.24, 2.45) is 0 Å². The number of aliphatic hydroxyl groups excluding tert-OH is 1. The zero-order valence-electron chi connectivity index (χ0n) is 14.3. The average Bonchev–Trinajstić information content (AvgIpc) is 3.01. The Morgan fingerprint density at radius 1 is 1.36 bits per heavy atom. The molecule has 2 heterocycles. The third-order valence-corrected chi connectivity index (χ3v) is 4.17. The van der Waals surface area contributed by atoms with Crippen molar-refractivity contribution in [1.82, 2.24) is 25.3 Å². The van der Waals surface area contributed by atoms with Crippen LogP contribution in [0.15, 0.2) is 36.7 Å². The Balaban J connectivity index is 1.89. The van der Waals surface area contributed by atoms with Crippen molar-refractivity contribution >= 4 is 16.7 Å². The summed E-state index contributed by atoms with van der Waals surface area (Å²) in [6, 6.07) is 7.73. The molecule has 1 amide bonds. The van der Waals surface area contributed by atoms with E-state index >= 15 is 0 Å². The molecule has 1 unspecified atom stereocenters. The minimum Gasteiger partial charge on any atom is -0.396 e. The van der Waals surface area contributed by atoms with Gasteiger partial charge in [-0.05, 0) is 38.8 Å². The van der Waals surface area contributed by atoms with Gasteiger partial charge < -0.3 is 10.4 Å². The van der Waals surface area contributed by atoms with Crippen molar-refractivity contribution in [2.45, 2.75) is 32.7 Å². The predicted octanol–water partition coefficient (Wildman–Crippen LogP) is 2.01. The van der Waals surface area contributed by atoms with E-state index in [0.717, 1.165) is 16.5 Å². The minimum atomic E-state index is -0.254. The summed E-state index contributed by atoms with van der Waals surface area (Å²) in [7, 11) is 0. The number of carbonyl (C=O) groups excluding carboxylic acids is 1. The molecule has 0 fully saturated rings. The molecule has 0 radical (unpaired) electrons. The lowest BCUT2D eigenvalue weighted by atomic mass is 10.1. The maximum atomic E-state index is 12.4. The molecule has 2 N–H and O–H groups in total. The highest BCUT2D eigenvalue weighted by atomic mass is 16.3. The first kappa shape index (κ1) is 17.0. The summed E-state index contributed by atoms with van der Waals surface area (Å²) in [5, 5.41) is 22.0. The Bertz CT molecular complexity index is 885. The van der Waals surface area contributed by atoms with Gasteiger partial charge in [0, 0.05) is 35.8 Å². The van der Waals surface area contributed by atoms with Crippen LogP contribution in [0.2, 0.25) is 0 Å². The van der Waals surface area contributed by atoms with Gasteiger partial charge in [-0.1, -0.05) is 17.3 Å². The van der Waals surface area contributed by atoms with Gasteiger partial charge in [0.2, 0.25) is 0 Å². The highest BCUT2D eigenvalue weighted by Crippen LogP contribution is 2.22. The lowest BCUT2D eigenvalue weighted by Crippen LogP contribution is -2.33. The molecule has 0 spiro atoms.